The molecule has 1 aliphatic carbocycles. The van der Waals surface area contributed by atoms with E-state index in [4.69, 9.17) is 21.1 Å². The Kier molecular flexibility index (Phi) is 3.12. The number of ether oxygens (including phenoxy) is 2. The Labute approximate surface area is 107 Å². The van der Waals surface area contributed by atoms with Crippen LogP contribution in [0.15, 0.2) is 18.2 Å². The molecular weight excluding hydrogens is 236 g/mol. The Hall–Kier alpha value is -0.570. The molecule has 0 atom stereocenters. The van der Waals surface area contributed by atoms with Gasteiger partial charge in [0.2, 0.25) is 5.79 Å². The molecule has 1 heterocycles. The van der Waals surface area contributed by atoms with Crippen LogP contribution in [0.5, 0.6) is 0 Å². The predicted molar refractivity (Wildman–Crippen MR) is 67.4 cm³/mol. The molecule has 2 aliphatic rings. The maximum atomic E-state index is 6.03. The zero-order valence-electron chi connectivity index (χ0n) is 9.88. The van der Waals surface area contributed by atoms with E-state index < -0.39 is 5.79 Å². The summed E-state index contributed by atoms with van der Waals surface area (Å²) in [6.45, 7) is 1.26. The van der Waals surface area contributed by atoms with Gasteiger partial charge in [-0.2, -0.15) is 0 Å². The predicted octanol–water partition coefficient (Wildman–Crippen LogP) is 3.00. The number of rotatable bonds is 2. The summed E-state index contributed by atoms with van der Waals surface area (Å²) in [6, 6.07) is 6.54. The number of alkyl halides is 1. The van der Waals surface area contributed by atoms with Crippen LogP contribution in [0.1, 0.15) is 29.5 Å². The summed E-state index contributed by atoms with van der Waals surface area (Å²) < 4.78 is 11.4. The van der Waals surface area contributed by atoms with Gasteiger partial charge in [-0.3, -0.25) is 0 Å². The van der Waals surface area contributed by atoms with E-state index >= 15 is 0 Å². The van der Waals surface area contributed by atoms with Crippen molar-refractivity contribution in [1.82, 2.24) is 0 Å². The van der Waals surface area contributed by atoms with Gasteiger partial charge in [0, 0.05) is 5.56 Å². The van der Waals surface area contributed by atoms with Crippen molar-refractivity contribution in [2.45, 2.75) is 31.5 Å². The lowest BCUT2D eigenvalue weighted by Crippen LogP contribution is -2.29. The van der Waals surface area contributed by atoms with Crippen LogP contribution in [0.4, 0.5) is 0 Å². The lowest BCUT2D eigenvalue weighted by atomic mass is 9.89. The van der Waals surface area contributed by atoms with Crippen molar-refractivity contribution in [3.05, 3.63) is 34.9 Å². The van der Waals surface area contributed by atoms with Crippen molar-refractivity contribution >= 4 is 11.6 Å². The summed E-state index contributed by atoms with van der Waals surface area (Å²) in [7, 11) is 0. The fourth-order valence-electron chi connectivity index (χ4n) is 2.75. The van der Waals surface area contributed by atoms with Gasteiger partial charge in [-0.05, 0) is 36.8 Å². The maximum Gasteiger partial charge on any atom is 0.209 e. The van der Waals surface area contributed by atoms with Crippen LogP contribution in [0.25, 0.3) is 0 Å². The highest BCUT2D eigenvalue weighted by Gasteiger charge is 2.38. The first-order valence-electron chi connectivity index (χ1n) is 6.30. The monoisotopic (exact) mass is 252 g/mol. The van der Waals surface area contributed by atoms with Gasteiger partial charge in [0.25, 0.3) is 0 Å². The standard InChI is InChI=1S/C14H17ClO2/c15-10-14(16-7-8-17-14)13-6-5-11-3-1-2-4-12(11)9-13/h5-6,9H,1-4,7-8,10H2. The first-order valence-corrected chi connectivity index (χ1v) is 6.84. The van der Waals surface area contributed by atoms with Crippen LogP contribution >= 0.6 is 11.6 Å². The normalized spacial score (nSPS) is 22.4. The third-order valence-electron chi connectivity index (χ3n) is 3.72. The molecule has 1 aromatic carbocycles. The smallest absolute Gasteiger partial charge is 0.209 e. The molecule has 3 heteroatoms. The van der Waals surface area contributed by atoms with Crippen molar-refractivity contribution in [2.24, 2.45) is 0 Å². The summed E-state index contributed by atoms with van der Waals surface area (Å²) in [4.78, 5) is 0. The van der Waals surface area contributed by atoms with Gasteiger partial charge >= 0.3 is 0 Å². The van der Waals surface area contributed by atoms with E-state index in [9.17, 15) is 0 Å². The summed E-state index contributed by atoms with van der Waals surface area (Å²) in [5.41, 5.74) is 3.99. The molecule has 0 unspecified atom stereocenters. The number of aryl methyl sites for hydroxylation is 2. The van der Waals surface area contributed by atoms with Crippen molar-refractivity contribution in [1.29, 1.82) is 0 Å². The molecule has 0 aromatic heterocycles. The number of halogens is 1. The average molecular weight is 253 g/mol. The van der Waals surface area contributed by atoms with Crippen LogP contribution in [-0.4, -0.2) is 19.1 Å². The first kappa shape index (κ1) is 11.5. The fraction of sp³-hybridized carbons (Fsp3) is 0.571. The van der Waals surface area contributed by atoms with Gasteiger partial charge in [-0.25, -0.2) is 0 Å². The molecule has 1 fully saturated rings. The summed E-state index contributed by atoms with van der Waals surface area (Å²) >= 11 is 6.03. The Morgan fingerprint density at radius 1 is 1.06 bits per heavy atom. The Morgan fingerprint density at radius 2 is 1.76 bits per heavy atom. The molecule has 2 nitrogen and oxygen atoms in total. The second kappa shape index (κ2) is 4.60. The van der Waals surface area contributed by atoms with E-state index in [1.807, 2.05) is 0 Å². The lowest BCUT2D eigenvalue weighted by Gasteiger charge is -2.27. The molecule has 0 N–H and O–H groups in total. The highest BCUT2D eigenvalue weighted by molar-refractivity contribution is 6.18. The summed E-state index contributed by atoms with van der Waals surface area (Å²) in [6.07, 6.45) is 4.96. The number of benzene rings is 1. The number of hydrogen-bond donors (Lipinski definition) is 0. The van der Waals surface area contributed by atoms with Gasteiger partial charge in [-0.15, -0.1) is 11.6 Å². The molecule has 0 amide bonds. The van der Waals surface area contributed by atoms with E-state index in [0.717, 1.165) is 5.56 Å². The highest BCUT2D eigenvalue weighted by Crippen LogP contribution is 2.35. The number of fused-ring (bicyclic) bond motifs is 1. The van der Waals surface area contributed by atoms with E-state index in [-0.39, 0.29) is 0 Å². The van der Waals surface area contributed by atoms with Crippen LogP contribution in [0.3, 0.4) is 0 Å². The number of hydrogen-bond acceptors (Lipinski definition) is 2. The summed E-state index contributed by atoms with van der Waals surface area (Å²) in [5.74, 6) is -0.347. The van der Waals surface area contributed by atoms with Crippen molar-refractivity contribution in [2.75, 3.05) is 19.1 Å². The topological polar surface area (TPSA) is 18.5 Å². The molecule has 17 heavy (non-hydrogen) atoms. The molecule has 0 spiro atoms. The Bertz CT molecular complexity index is 411. The van der Waals surface area contributed by atoms with E-state index in [1.54, 1.807) is 0 Å². The Morgan fingerprint density at radius 3 is 2.47 bits per heavy atom. The van der Waals surface area contributed by atoms with Gasteiger partial charge in [0.15, 0.2) is 0 Å². The van der Waals surface area contributed by atoms with Crippen LogP contribution in [0, 0.1) is 0 Å². The van der Waals surface area contributed by atoms with Gasteiger partial charge in [-0.1, -0.05) is 18.2 Å². The highest BCUT2D eigenvalue weighted by atomic mass is 35.5. The SMILES string of the molecule is ClCC1(c2ccc3c(c2)CCCC3)OCCO1. The fourth-order valence-corrected chi connectivity index (χ4v) is 3.05. The molecular formula is C14H17ClO2. The third kappa shape index (κ3) is 1.99. The quantitative estimate of drug-likeness (QED) is 0.754. The minimum Gasteiger partial charge on any atom is -0.342 e. The second-order valence-corrected chi connectivity index (χ2v) is 5.04. The molecule has 1 aromatic rings. The lowest BCUT2D eigenvalue weighted by molar-refractivity contribution is -0.146. The van der Waals surface area contributed by atoms with E-state index in [1.165, 1.54) is 36.8 Å². The Balaban J connectivity index is 1.97. The van der Waals surface area contributed by atoms with Crippen LogP contribution in [0.2, 0.25) is 0 Å². The van der Waals surface area contributed by atoms with Crippen molar-refractivity contribution in [3.8, 4) is 0 Å². The van der Waals surface area contributed by atoms with Gasteiger partial charge in [0.1, 0.15) is 0 Å². The largest absolute Gasteiger partial charge is 0.342 e. The van der Waals surface area contributed by atoms with Crippen molar-refractivity contribution in [3.63, 3.8) is 0 Å². The van der Waals surface area contributed by atoms with Crippen LogP contribution in [-0.2, 0) is 28.1 Å². The van der Waals surface area contributed by atoms with Crippen LogP contribution < -0.4 is 0 Å². The molecule has 92 valence electrons. The maximum absolute atomic E-state index is 6.03. The molecule has 1 aliphatic heterocycles. The third-order valence-corrected chi connectivity index (χ3v) is 4.07. The molecule has 1 saturated heterocycles. The average Bonchev–Trinajstić information content (AvgIpc) is 2.88. The zero-order chi connectivity index (χ0) is 11.7. The van der Waals surface area contributed by atoms with Gasteiger partial charge in [0.05, 0.1) is 19.1 Å². The van der Waals surface area contributed by atoms with E-state index in [2.05, 4.69) is 18.2 Å². The molecule has 0 saturated carbocycles. The van der Waals surface area contributed by atoms with E-state index in [0.29, 0.717) is 19.1 Å². The summed E-state index contributed by atoms with van der Waals surface area (Å²) in [5, 5.41) is 0. The van der Waals surface area contributed by atoms with Gasteiger partial charge < -0.3 is 9.47 Å². The zero-order valence-corrected chi connectivity index (χ0v) is 10.6. The molecule has 3 rings (SSSR count). The molecule has 0 bridgehead atoms. The molecule has 0 radical (unpaired) electrons. The van der Waals surface area contributed by atoms with Crippen molar-refractivity contribution < 1.29 is 9.47 Å². The minimum atomic E-state index is -0.700. The first-order chi connectivity index (χ1) is 8.34. The second-order valence-electron chi connectivity index (χ2n) is 4.77. The minimum absolute atomic E-state index is 0.353.